The summed E-state index contributed by atoms with van der Waals surface area (Å²) in [6, 6.07) is 39.6. The minimum absolute atomic E-state index is 0.00955. The summed E-state index contributed by atoms with van der Waals surface area (Å²) in [5.41, 5.74) is -0.243. The number of para-hydroxylation sites is 2. The van der Waals surface area contributed by atoms with E-state index in [1.807, 2.05) is 103 Å². The van der Waals surface area contributed by atoms with Gasteiger partial charge in [0, 0.05) is 17.2 Å². The van der Waals surface area contributed by atoms with Crippen LogP contribution in [0.3, 0.4) is 0 Å². The van der Waals surface area contributed by atoms with E-state index in [0.717, 1.165) is 45.3 Å². The maximum absolute atomic E-state index is 13.1. The van der Waals surface area contributed by atoms with Crippen LogP contribution in [0.15, 0.2) is 127 Å². The zero-order chi connectivity index (χ0) is 31.0. The fourth-order valence-electron chi connectivity index (χ4n) is 4.91. The molecule has 5 rings (SSSR count). The van der Waals surface area contributed by atoms with Crippen LogP contribution in [0.5, 0.6) is 28.7 Å². The highest BCUT2D eigenvalue weighted by Crippen LogP contribution is 2.37. The summed E-state index contributed by atoms with van der Waals surface area (Å²) < 4.78 is 49.3. The Morgan fingerprint density at radius 3 is 1.89 bits per heavy atom. The van der Waals surface area contributed by atoms with E-state index in [1.165, 1.54) is 12.1 Å². The highest BCUT2D eigenvalue weighted by molar-refractivity contribution is 6.20. The lowest BCUT2D eigenvalue weighted by Crippen LogP contribution is -2.22. The summed E-state index contributed by atoms with van der Waals surface area (Å²) >= 11 is 4.94. The van der Waals surface area contributed by atoms with Gasteiger partial charge in [-0.25, -0.2) is 0 Å². The largest absolute Gasteiger partial charge is 0.487 e. The van der Waals surface area contributed by atoms with Gasteiger partial charge in [-0.05, 0) is 83.1 Å². The Kier molecular flexibility index (Phi) is 9.83. The Labute approximate surface area is 261 Å². The molecule has 0 amide bonds. The van der Waals surface area contributed by atoms with E-state index in [-0.39, 0.29) is 5.75 Å². The SMILES string of the molecule is CC(C)(Cc1c(COCc2cccc(Oc3ccccc3)c2)cccc1Oc1ccccc1)c1ccc(OC(F)(F)Cl)cc1. The predicted octanol–water partition coefficient (Wildman–Crippen LogP) is 10.7. The van der Waals surface area contributed by atoms with Crippen LogP contribution in [0.2, 0.25) is 0 Å². The molecule has 0 heterocycles. The van der Waals surface area contributed by atoms with E-state index in [2.05, 4.69) is 18.6 Å². The summed E-state index contributed by atoms with van der Waals surface area (Å²) in [7, 11) is 0. The Bertz CT molecular complexity index is 1640. The molecule has 0 N–H and O–H groups in total. The van der Waals surface area contributed by atoms with Crippen LogP contribution in [-0.2, 0) is 29.8 Å². The van der Waals surface area contributed by atoms with Gasteiger partial charge < -0.3 is 18.9 Å². The molecule has 5 aromatic rings. The van der Waals surface area contributed by atoms with Crippen LogP contribution in [0.25, 0.3) is 0 Å². The molecule has 0 saturated carbocycles. The van der Waals surface area contributed by atoms with Crippen molar-refractivity contribution >= 4 is 11.6 Å². The third-order valence-corrected chi connectivity index (χ3v) is 7.17. The lowest BCUT2D eigenvalue weighted by Gasteiger charge is -2.28. The molecule has 0 aromatic heterocycles. The smallest absolute Gasteiger partial charge is 0.457 e. The number of hydrogen-bond donors (Lipinski definition) is 0. The van der Waals surface area contributed by atoms with Gasteiger partial charge in [0.2, 0.25) is 0 Å². The summed E-state index contributed by atoms with van der Waals surface area (Å²) in [5, 5.41) is 0. The molecule has 0 saturated heterocycles. The molecule has 0 aliphatic carbocycles. The first-order chi connectivity index (χ1) is 21.1. The highest BCUT2D eigenvalue weighted by Gasteiger charge is 2.29. The van der Waals surface area contributed by atoms with Crippen molar-refractivity contribution in [1.29, 1.82) is 0 Å². The van der Waals surface area contributed by atoms with Crippen molar-refractivity contribution in [1.82, 2.24) is 0 Å². The molecule has 0 radical (unpaired) electrons. The second-order valence-electron chi connectivity index (χ2n) is 11.0. The first kappa shape index (κ1) is 31.0. The lowest BCUT2D eigenvalue weighted by molar-refractivity contribution is -0.0964. The highest BCUT2D eigenvalue weighted by atomic mass is 35.5. The van der Waals surface area contributed by atoms with E-state index >= 15 is 0 Å². The zero-order valence-corrected chi connectivity index (χ0v) is 25.3. The molecule has 0 spiro atoms. The Hall–Kier alpha value is -4.39. The van der Waals surface area contributed by atoms with Crippen LogP contribution in [0.1, 0.15) is 36.1 Å². The fraction of sp³-hybridized carbons (Fsp3) is 0.189. The third kappa shape index (κ3) is 8.82. The summed E-state index contributed by atoms with van der Waals surface area (Å²) in [5.74, 6) is 2.95. The molecule has 226 valence electrons. The standard InChI is InChI=1S/C37H33ClF2O4/c1-36(2,29-19-21-32(22-20-29)44-37(38,39)40)24-34-28(12-10-18-35(34)43-31-15-7-4-8-16-31)26-41-25-27-11-9-17-33(23-27)42-30-13-5-3-6-14-30/h3-23H,24-26H2,1-2H3. The molecule has 44 heavy (non-hydrogen) atoms. The zero-order valence-electron chi connectivity index (χ0n) is 24.5. The van der Waals surface area contributed by atoms with Gasteiger partial charge in [-0.1, -0.05) is 86.6 Å². The minimum Gasteiger partial charge on any atom is -0.457 e. The number of rotatable bonds is 13. The number of benzene rings is 5. The minimum atomic E-state index is -3.77. The molecule has 0 unspecified atom stereocenters. The summed E-state index contributed by atoms with van der Waals surface area (Å²) in [6.07, 6.45) is 0.598. The lowest BCUT2D eigenvalue weighted by atomic mass is 9.78. The van der Waals surface area contributed by atoms with Gasteiger partial charge in [-0.3, -0.25) is 0 Å². The quantitative estimate of drug-likeness (QED) is 0.124. The van der Waals surface area contributed by atoms with Gasteiger partial charge in [0.15, 0.2) is 0 Å². The molecule has 0 bridgehead atoms. The molecule has 0 aliphatic heterocycles. The van der Waals surface area contributed by atoms with E-state index in [1.54, 1.807) is 12.1 Å². The normalized spacial score (nSPS) is 11.7. The van der Waals surface area contributed by atoms with Crippen LogP contribution in [0, 0.1) is 0 Å². The summed E-state index contributed by atoms with van der Waals surface area (Å²) in [4.78, 5) is 0. The van der Waals surface area contributed by atoms with E-state index in [4.69, 9.17) is 25.8 Å². The Morgan fingerprint density at radius 2 is 1.23 bits per heavy atom. The first-order valence-electron chi connectivity index (χ1n) is 14.2. The Balaban J connectivity index is 1.35. The van der Waals surface area contributed by atoms with Crippen molar-refractivity contribution in [2.75, 3.05) is 0 Å². The number of alkyl halides is 3. The average Bonchev–Trinajstić information content (AvgIpc) is 2.99. The van der Waals surface area contributed by atoms with E-state index in [0.29, 0.717) is 19.6 Å². The van der Waals surface area contributed by atoms with Crippen LogP contribution < -0.4 is 14.2 Å². The van der Waals surface area contributed by atoms with Gasteiger partial charge in [0.25, 0.3) is 0 Å². The van der Waals surface area contributed by atoms with Crippen LogP contribution in [-0.4, -0.2) is 5.57 Å². The van der Waals surface area contributed by atoms with Crippen molar-refractivity contribution in [3.05, 3.63) is 150 Å². The number of ether oxygens (including phenoxy) is 4. The maximum atomic E-state index is 13.1. The van der Waals surface area contributed by atoms with E-state index < -0.39 is 11.0 Å². The van der Waals surface area contributed by atoms with Gasteiger partial charge >= 0.3 is 5.57 Å². The third-order valence-electron chi connectivity index (χ3n) is 7.09. The molecule has 0 atom stereocenters. The molecule has 4 nitrogen and oxygen atoms in total. The predicted molar refractivity (Wildman–Crippen MR) is 169 cm³/mol. The van der Waals surface area contributed by atoms with Crippen molar-refractivity contribution < 1.29 is 27.7 Å². The number of hydrogen-bond acceptors (Lipinski definition) is 4. The molecule has 0 fully saturated rings. The van der Waals surface area contributed by atoms with Crippen molar-refractivity contribution in [2.24, 2.45) is 0 Å². The fourth-order valence-corrected chi connectivity index (χ4v) is 5.00. The first-order valence-corrected chi connectivity index (χ1v) is 14.6. The van der Waals surface area contributed by atoms with Gasteiger partial charge in [-0.15, -0.1) is 8.78 Å². The van der Waals surface area contributed by atoms with Gasteiger partial charge in [0.1, 0.15) is 28.7 Å². The molecular formula is C37H33ClF2O4. The van der Waals surface area contributed by atoms with Crippen molar-refractivity contribution in [2.45, 2.75) is 44.5 Å². The van der Waals surface area contributed by atoms with Gasteiger partial charge in [0.05, 0.1) is 13.2 Å². The molecular weight excluding hydrogens is 582 g/mol. The second kappa shape index (κ2) is 13.9. The monoisotopic (exact) mass is 614 g/mol. The van der Waals surface area contributed by atoms with Crippen LogP contribution >= 0.6 is 11.6 Å². The van der Waals surface area contributed by atoms with Crippen molar-refractivity contribution in [3.8, 4) is 28.7 Å². The van der Waals surface area contributed by atoms with Crippen molar-refractivity contribution in [3.63, 3.8) is 0 Å². The van der Waals surface area contributed by atoms with E-state index in [9.17, 15) is 8.78 Å². The molecule has 0 aliphatic rings. The van der Waals surface area contributed by atoms with Crippen LogP contribution in [0.4, 0.5) is 8.78 Å². The van der Waals surface area contributed by atoms with Gasteiger partial charge in [-0.2, -0.15) is 0 Å². The molecule has 5 aromatic carbocycles. The molecule has 7 heteroatoms. The number of halogens is 3. The summed E-state index contributed by atoms with van der Waals surface area (Å²) in [6.45, 7) is 4.95. The second-order valence-corrected chi connectivity index (χ2v) is 11.4. The topological polar surface area (TPSA) is 36.9 Å². The average molecular weight is 615 g/mol. The maximum Gasteiger partial charge on any atom is 0.487 e. The Morgan fingerprint density at radius 1 is 0.614 bits per heavy atom.